The summed E-state index contributed by atoms with van der Waals surface area (Å²) in [6, 6.07) is 4.36. The molecular formula is C12H14F3NO2. The van der Waals surface area contributed by atoms with Crippen LogP contribution in [0.4, 0.5) is 13.2 Å². The standard InChI is InChI=1S/C12H14F3NO2/c13-12(14,15)9-3-1-8(2-4-9)7-10(16)5-6-11(17)18/h1-4,10H,5-7,16H2,(H,17,18). The van der Waals surface area contributed by atoms with Crippen molar-refractivity contribution in [1.82, 2.24) is 0 Å². The first-order valence-corrected chi connectivity index (χ1v) is 5.42. The molecule has 0 aliphatic heterocycles. The van der Waals surface area contributed by atoms with Gasteiger partial charge in [0.1, 0.15) is 0 Å². The molecule has 0 radical (unpaired) electrons. The normalized spacial score (nSPS) is 13.3. The lowest BCUT2D eigenvalue weighted by Crippen LogP contribution is -2.23. The van der Waals surface area contributed by atoms with Crippen LogP contribution in [-0.4, -0.2) is 17.1 Å². The van der Waals surface area contributed by atoms with Crippen molar-refractivity contribution in [3.05, 3.63) is 35.4 Å². The van der Waals surface area contributed by atoms with Gasteiger partial charge in [0.2, 0.25) is 0 Å². The third kappa shape index (κ3) is 4.75. The molecule has 18 heavy (non-hydrogen) atoms. The first-order chi connectivity index (χ1) is 8.29. The molecule has 0 aromatic heterocycles. The van der Waals surface area contributed by atoms with Gasteiger partial charge in [-0.25, -0.2) is 0 Å². The quantitative estimate of drug-likeness (QED) is 0.855. The zero-order chi connectivity index (χ0) is 13.8. The van der Waals surface area contributed by atoms with E-state index in [1.54, 1.807) is 0 Å². The minimum absolute atomic E-state index is 0.0399. The number of hydrogen-bond donors (Lipinski definition) is 2. The SMILES string of the molecule is NC(CCC(=O)O)Cc1ccc(C(F)(F)F)cc1. The van der Waals surface area contributed by atoms with E-state index in [-0.39, 0.29) is 12.5 Å². The molecule has 0 amide bonds. The number of carboxylic acid groups (broad SMARTS) is 1. The van der Waals surface area contributed by atoms with Gasteiger partial charge >= 0.3 is 12.1 Å². The van der Waals surface area contributed by atoms with Gasteiger partial charge in [-0.15, -0.1) is 0 Å². The lowest BCUT2D eigenvalue weighted by molar-refractivity contribution is -0.138. The molecule has 3 N–H and O–H groups in total. The maximum atomic E-state index is 12.3. The largest absolute Gasteiger partial charge is 0.481 e. The van der Waals surface area contributed by atoms with Crippen molar-refractivity contribution in [2.24, 2.45) is 5.73 Å². The fraction of sp³-hybridized carbons (Fsp3) is 0.417. The number of nitrogens with two attached hydrogens (primary N) is 1. The third-order valence-corrected chi connectivity index (χ3v) is 2.51. The minimum Gasteiger partial charge on any atom is -0.481 e. The van der Waals surface area contributed by atoms with Gasteiger partial charge in [0, 0.05) is 12.5 Å². The van der Waals surface area contributed by atoms with Crippen molar-refractivity contribution in [3.8, 4) is 0 Å². The molecule has 0 saturated carbocycles. The molecule has 3 nitrogen and oxygen atoms in total. The van der Waals surface area contributed by atoms with E-state index in [0.29, 0.717) is 18.4 Å². The molecule has 100 valence electrons. The Morgan fingerprint density at radius 1 is 1.28 bits per heavy atom. The number of aliphatic carboxylic acids is 1. The van der Waals surface area contributed by atoms with Crippen molar-refractivity contribution in [2.45, 2.75) is 31.5 Å². The van der Waals surface area contributed by atoms with Gasteiger partial charge in [0.15, 0.2) is 0 Å². The average molecular weight is 261 g/mol. The van der Waals surface area contributed by atoms with Crippen LogP contribution in [0.3, 0.4) is 0 Å². The predicted molar refractivity (Wildman–Crippen MR) is 60.0 cm³/mol. The average Bonchev–Trinajstić information content (AvgIpc) is 2.26. The number of rotatable bonds is 5. The van der Waals surface area contributed by atoms with E-state index in [2.05, 4.69) is 0 Å². The van der Waals surface area contributed by atoms with Gasteiger partial charge in [-0.3, -0.25) is 4.79 Å². The van der Waals surface area contributed by atoms with E-state index < -0.39 is 17.7 Å². The molecule has 0 heterocycles. The molecule has 1 aromatic carbocycles. The lowest BCUT2D eigenvalue weighted by Gasteiger charge is -2.11. The second-order valence-electron chi connectivity index (χ2n) is 4.09. The van der Waals surface area contributed by atoms with Gasteiger partial charge in [-0.05, 0) is 30.5 Å². The zero-order valence-corrected chi connectivity index (χ0v) is 9.57. The third-order valence-electron chi connectivity index (χ3n) is 2.51. The summed E-state index contributed by atoms with van der Waals surface area (Å²) in [5.41, 5.74) is 5.66. The van der Waals surface area contributed by atoms with Crippen LogP contribution in [0.2, 0.25) is 0 Å². The van der Waals surface area contributed by atoms with Gasteiger partial charge in [-0.2, -0.15) is 13.2 Å². The molecule has 0 saturated heterocycles. The molecule has 1 unspecified atom stereocenters. The van der Waals surface area contributed by atoms with Crippen molar-refractivity contribution in [1.29, 1.82) is 0 Å². The molecule has 0 fully saturated rings. The Hall–Kier alpha value is -1.56. The smallest absolute Gasteiger partial charge is 0.416 e. The van der Waals surface area contributed by atoms with Crippen LogP contribution in [0.1, 0.15) is 24.0 Å². The number of carbonyl (C=O) groups is 1. The summed E-state index contributed by atoms with van der Waals surface area (Å²) < 4.78 is 36.9. The van der Waals surface area contributed by atoms with E-state index in [4.69, 9.17) is 10.8 Å². The van der Waals surface area contributed by atoms with Crippen LogP contribution < -0.4 is 5.73 Å². The molecule has 1 atom stereocenters. The van der Waals surface area contributed by atoms with Crippen LogP contribution in [0.25, 0.3) is 0 Å². The number of hydrogen-bond acceptors (Lipinski definition) is 2. The van der Waals surface area contributed by atoms with Crippen LogP contribution in [0, 0.1) is 0 Å². The summed E-state index contributed by atoms with van der Waals surface area (Å²) >= 11 is 0. The highest BCUT2D eigenvalue weighted by Gasteiger charge is 2.29. The van der Waals surface area contributed by atoms with E-state index in [0.717, 1.165) is 12.1 Å². The summed E-state index contributed by atoms with van der Waals surface area (Å²) in [4.78, 5) is 10.3. The van der Waals surface area contributed by atoms with Crippen LogP contribution >= 0.6 is 0 Å². The Morgan fingerprint density at radius 2 is 1.83 bits per heavy atom. The Bertz CT molecular complexity index is 401. The fourth-order valence-corrected chi connectivity index (χ4v) is 1.54. The molecule has 0 spiro atoms. The Labute approximate surface area is 102 Å². The number of carboxylic acids is 1. The van der Waals surface area contributed by atoms with Crippen molar-refractivity contribution >= 4 is 5.97 Å². The van der Waals surface area contributed by atoms with E-state index in [9.17, 15) is 18.0 Å². The molecule has 1 aromatic rings. The topological polar surface area (TPSA) is 63.3 Å². The number of benzene rings is 1. The second kappa shape index (κ2) is 5.86. The van der Waals surface area contributed by atoms with Gasteiger partial charge in [0.05, 0.1) is 5.56 Å². The highest BCUT2D eigenvalue weighted by molar-refractivity contribution is 5.66. The summed E-state index contributed by atoms with van der Waals surface area (Å²) in [5, 5.41) is 8.47. The monoisotopic (exact) mass is 261 g/mol. The van der Waals surface area contributed by atoms with E-state index in [1.807, 2.05) is 0 Å². The Balaban J connectivity index is 2.56. The molecule has 6 heteroatoms. The zero-order valence-electron chi connectivity index (χ0n) is 9.57. The Kier molecular flexibility index (Phi) is 4.72. The van der Waals surface area contributed by atoms with Gasteiger partial charge in [0.25, 0.3) is 0 Å². The highest BCUT2D eigenvalue weighted by atomic mass is 19.4. The minimum atomic E-state index is -4.34. The Morgan fingerprint density at radius 3 is 2.28 bits per heavy atom. The molecular weight excluding hydrogens is 247 g/mol. The van der Waals surface area contributed by atoms with Crippen molar-refractivity contribution in [3.63, 3.8) is 0 Å². The van der Waals surface area contributed by atoms with Crippen LogP contribution in [0.5, 0.6) is 0 Å². The lowest BCUT2D eigenvalue weighted by atomic mass is 10.0. The number of halogens is 3. The summed E-state index contributed by atoms with van der Waals surface area (Å²) in [5.74, 6) is -0.933. The van der Waals surface area contributed by atoms with Gasteiger partial charge < -0.3 is 10.8 Å². The van der Waals surface area contributed by atoms with E-state index >= 15 is 0 Å². The summed E-state index contributed by atoms with van der Waals surface area (Å²) in [6.45, 7) is 0. The summed E-state index contributed by atoms with van der Waals surface area (Å²) in [6.07, 6.45) is -3.71. The number of alkyl halides is 3. The van der Waals surface area contributed by atoms with Crippen molar-refractivity contribution in [2.75, 3.05) is 0 Å². The maximum Gasteiger partial charge on any atom is 0.416 e. The molecule has 1 rings (SSSR count). The van der Waals surface area contributed by atoms with Crippen LogP contribution in [-0.2, 0) is 17.4 Å². The second-order valence-corrected chi connectivity index (χ2v) is 4.09. The van der Waals surface area contributed by atoms with Crippen LogP contribution in [0.15, 0.2) is 24.3 Å². The summed E-state index contributed by atoms with van der Waals surface area (Å²) in [7, 11) is 0. The predicted octanol–water partition coefficient (Wildman–Crippen LogP) is 2.44. The van der Waals surface area contributed by atoms with E-state index in [1.165, 1.54) is 12.1 Å². The molecule has 0 aliphatic rings. The molecule has 0 aliphatic carbocycles. The first kappa shape index (κ1) is 14.5. The fourth-order valence-electron chi connectivity index (χ4n) is 1.54. The molecule has 0 bridgehead atoms. The highest BCUT2D eigenvalue weighted by Crippen LogP contribution is 2.29. The first-order valence-electron chi connectivity index (χ1n) is 5.42. The van der Waals surface area contributed by atoms with Crippen molar-refractivity contribution < 1.29 is 23.1 Å². The maximum absolute atomic E-state index is 12.3. The van der Waals surface area contributed by atoms with Gasteiger partial charge in [-0.1, -0.05) is 12.1 Å².